The van der Waals surface area contributed by atoms with Crippen LogP contribution in [0.4, 0.5) is 0 Å². The summed E-state index contributed by atoms with van der Waals surface area (Å²) in [5.74, 6) is -0.371. The van der Waals surface area contributed by atoms with Crippen LogP contribution >= 0.6 is 0 Å². The molecular weight excluding hydrogens is 280 g/mol. The van der Waals surface area contributed by atoms with Gasteiger partial charge >= 0.3 is 5.97 Å². The van der Waals surface area contributed by atoms with E-state index in [1.54, 1.807) is 6.07 Å². The number of amidine groups is 1. The van der Waals surface area contributed by atoms with Crippen molar-refractivity contribution in [2.75, 3.05) is 0 Å². The van der Waals surface area contributed by atoms with Crippen LogP contribution < -0.4 is 5.73 Å². The fourth-order valence-corrected chi connectivity index (χ4v) is 2.21. The van der Waals surface area contributed by atoms with Crippen LogP contribution in [0.5, 0.6) is 0 Å². The Bertz CT molecular complexity index is 818. The highest BCUT2D eigenvalue weighted by molar-refractivity contribution is 5.92. The van der Waals surface area contributed by atoms with Gasteiger partial charge in [-0.15, -0.1) is 0 Å². The van der Waals surface area contributed by atoms with E-state index in [0.29, 0.717) is 6.42 Å². The van der Waals surface area contributed by atoms with Crippen molar-refractivity contribution in [2.45, 2.75) is 6.42 Å². The molecule has 0 saturated carbocycles. The number of fused-ring (bicyclic) bond motifs is 1. The normalized spacial score (nSPS) is 11.5. The fourth-order valence-electron chi connectivity index (χ4n) is 2.21. The summed E-state index contributed by atoms with van der Waals surface area (Å²) in [6.07, 6.45) is 1.78. The highest BCUT2D eigenvalue weighted by Gasteiger charge is 2.10. The molecule has 0 spiro atoms. The average Bonchev–Trinajstić information content (AvgIpc) is 3.07. The first-order valence-corrected chi connectivity index (χ1v) is 6.78. The van der Waals surface area contributed by atoms with Crippen LogP contribution in [0.2, 0.25) is 0 Å². The smallest absolute Gasteiger partial charge is 0.400 e. The summed E-state index contributed by atoms with van der Waals surface area (Å²) in [6.45, 7) is 0. The number of hydrogen-bond acceptors (Lipinski definition) is 4. The van der Waals surface area contributed by atoms with E-state index in [4.69, 9.17) is 15.0 Å². The molecule has 2 N–H and O–H groups in total. The van der Waals surface area contributed by atoms with E-state index in [1.807, 2.05) is 42.5 Å². The lowest BCUT2D eigenvalue weighted by Gasteiger charge is -2.05. The number of nitrogens with two attached hydrogens (primary N) is 1. The molecule has 1 heterocycles. The number of oxime groups is 1. The largest absolute Gasteiger partial charge is 0.457 e. The first kappa shape index (κ1) is 13.9. The predicted molar refractivity (Wildman–Crippen MR) is 83.4 cm³/mol. The van der Waals surface area contributed by atoms with E-state index < -0.39 is 5.97 Å². The molecule has 3 rings (SSSR count). The maximum atomic E-state index is 11.6. The average molecular weight is 294 g/mol. The highest BCUT2D eigenvalue weighted by atomic mass is 16.7. The third-order valence-electron chi connectivity index (χ3n) is 3.22. The molecule has 2 aromatic carbocycles. The SMILES string of the molecule is NC(Cc1cccc2ccccc12)=NOC(=O)c1ccco1. The van der Waals surface area contributed by atoms with E-state index in [1.165, 1.54) is 12.3 Å². The number of carbonyl (C=O) groups is 1. The van der Waals surface area contributed by atoms with Gasteiger partial charge < -0.3 is 15.0 Å². The van der Waals surface area contributed by atoms with E-state index in [-0.39, 0.29) is 11.6 Å². The summed E-state index contributed by atoms with van der Waals surface area (Å²) < 4.78 is 4.92. The van der Waals surface area contributed by atoms with Gasteiger partial charge in [-0.3, -0.25) is 0 Å². The lowest BCUT2D eigenvalue weighted by molar-refractivity contribution is 0.0478. The van der Waals surface area contributed by atoms with Gasteiger partial charge in [-0.2, -0.15) is 0 Å². The maximum absolute atomic E-state index is 11.6. The molecule has 5 nitrogen and oxygen atoms in total. The molecule has 0 aliphatic carbocycles. The molecular formula is C17H14N2O3. The van der Waals surface area contributed by atoms with Crippen molar-refractivity contribution in [3.05, 3.63) is 72.2 Å². The van der Waals surface area contributed by atoms with Gasteiger partial charge in [-0.1, -0.05) is 47.6 Å². The van der Waals surface area contributed by atoms with Gasteiger partial charge in [0.05, 0.1) is 6.26 Å². The first-order chi connectivity index (χ1) is 10.7. The minimum Gasteiger partial charge on any atom is -0.457 e. The van der Waals surface area contributed by atoms with Crippen molar-refractivity contribution in [2.24, 2.45) is 10.9 Å². The number of nitrogens with zero attached hydrogens (tertiary/aromatic N) is 1. The number of rotatable bonds is 4. The van der Waals surface area contributed by atoms with Gasteiger partial charge in [0.2, 0.25) is 5.76 Å². The Hall–Kier alpha value is -3.08. The van der Waals surface area contributed by atoms with E-state index in [2.05, 4.69) is 5.16 Å². The van der Waals surface area contributed by atoms with Gasteiger partial charge in [-0.25, -0.2) is 4.79 Å². The maximum Gasteiger partial charge on any atom is 0.400 e. The van der Waals surface area contributed by atoms with Crippen LogP contribution in [-0.4, -0.2) is 11.8 Å². The van der Waals surface area contributed by atoms with E-state index >= 15 is 0 Å². The molecule has 110 valence electrons. The summed E-state index contributed by atoms with van der Waals surface area (Å²) in [6, 6.07) is 17.1. The van der Waals surface area contributed by atoms with E-state index in [9.17, 15) is 4.79 Å². The van der Waals surface area contributed by atoms with Crippen LogP contribution in [-0.2, 0) is 11.3 Å². The van der Waals surface area contributed by atoms with Crippen LogP contribution in [0, 0.1) is 0 Å². The molecule has 0 aliphatic heterocycles. The molecule has 0 radical (unpaired) electrons. The molecule has 0 atom stereocenters. The molecule has 1 aromatic heterocycles. The van der Waals surface area contributed by atoms with Gasteiger partial charge in [0, 0.05) is 6.42 Å². The standard InChI is InChI=1S/C17H14N2O3/c18-16(19-22-17(20)15-9-4-10-21-15)11-13-7-3-6-12-5-1-2-8-14(12)13/h1-10H,11H2,(H2,18,19). The summed E-state index contributed by atoms with van der Waals surface area (Å²) in [5.41, 5.74) is 6.86. The summed E-state index contributed by atoms with van der Waals surface area (Å²) in [5, 5.41) is 5.89. The van der Waals surface area contributed by atoms with Crippen LogP contribution in [0.3, 0.4) is 0 Å². The quantitative estimate of drug-likeness (QED) is 0.347. The van der Waals surface area contributed by atoms with Crippen molar-refractivity contribution in [3.8, 4) is 0 Å². The van der Waals surface area contributed by atoms with Crippen LogP contribution in [0.15, 0.2) is 70.4 Å². The Kier molecular flexibility index (Phi) is 3.87. The van der Waals surface area contributed by atoms with Crippen LogP contribution in [0.25, 0.3) is 10.8 Å². The zero-order valence-corrected chi connectivity index (χ0v) is 11.7. The Morgan fingerprint density at radius 2 is 1.91 bits per heavy atom. The second-order valence-electron chi connectivity index (χ2n) is 4.75. The summed E-state index contributed by atoms with van der Waals surface area (Å²) in [4.78, 5) is 16.4. The van der Waals surface area contributed by atoms with Crippen LogP contribution in [0.1, 0.15) is 16.1 Å². The number of hydrogen-bond donors (Lipinski definition) is 1. The molecule has 5 heteroatoms. The van der Waals surface area contributed by atoms with Crippen molar-refractivity contribution in [1.29, 1.82) is 0 Å². The Balaban J connectivity index is 1.74. The Morgan fingerprint density at radius 1 is 1.09 bits per heavy atom. The first-order valence-electron chi connectivity index (χ1n) is 6.78. The summed E-state index contributed by atoms with van der Waals surface area (Å²) >= 11 is 0. The van der Waals surface area contributed by atoms with Crippen molar-refractivity contribution in [3.63, 3.8) is 0 Å². The zero-order chi connectivity index (χ0) is 15.4. The highest BCUT2D eigenvalue weighted by Crippen LogP contribution is 2.18. The van der Waals surface area contributed by atoms with Gasteiger partial charge in [0.15, 0.2) is 0 Å². The Morgan fingerprint density at radius 3 is 2.73 bits per heavy atom. The predicted octanol–water partition coefficient (Wildman–Crippen LogP) is 3.10. The molecule has 3 aromatic rings. The zero-order valence-electron chi connectivity index (χ0n) is 11.7. The topological polar surface area (TPSA) is 77.8 Å². The molecule has 0 unspecified atom stereocenters. The monoisotopic (exact) mass is 294 g/mol. The lowest BCUT2D eigenvalue weighted by Crippen LogP contribution is -2.16. The third-order valence-corrected chi connectivity index (χ3v) is 3.22. The second kappa shape index (κ2) is 6.13. The molecule has 22 heavy (non-hydrogen) atoms. The second-order valence-corrected chi connectivity index (χ2v) is 4.75. The summed E-state index contributed by atoms with van der Waals surface area (Å²) in [7, 11) is 0. The molecule has 0 bridgehead atoms. The van der Waals surface area contributed by atoms with Gasteiger partial charge in [0.25, 0.3) is 0 Å². The number of benzene rings is 2. The van der Waals surface area contributed by atoms with Crippen molar-refractivity contribution >= 4 is 22.6 Å². The van der Waals surface area contributed by atoms with Crippen molar-refractivity contribution < 1.29 is 14.0 Å². The molecule has 0 saturated heterocycles. The lowest BCUT2D eigenvalue weighted by atomic mass is 10.0. The number of furan rings is 1. The van der Waals surface area contributed by atoms with Gasteiger partial charge in [0.1, 0.15) is 5.84 Å². The van der Waals surface area contributed by atoms with Crippen molar-refractivity contribution in [1.82, 2.24) is 0 Å². The minimum atomic E-state index is -0.675. The van der Waals surface area contributed by atoms with Gasteiger partial charge in [-0.05, 0) is 28.5 Å². The number of carbonyl (C=O) groups excluding carboxylic acids is 1. The van der Waals surface area contributed by atoms with E-state index in [0.717, 1.165) is 16.3 Å². The fraction of sp³-hybridized carbons (Fsp3) is 0.0588. The Labute approximate surface area is 127 Å². The molecule has 0 fully saturated rings. The molecule has 0 aliphatic rings. The minimum absolute atomic E-state index is 0.0849. The molecule has 0 amide bonds. The third kappa shape index (κ3) is 2.98.